The maximum atomic E-state index is 13.2. The molecule has 212 valence electrons. The number of carboxylic acid groups (broad SMARTS) is 2. The number of rotatable bonds is 7. The molecule has 4 rings (SSSR count). The summed E-state index contributed by atoms with van der Waals surface area (Å²) in [7, 11) is -3.98. The number of nitrogens with one attached hydrogen (secondary N) is 2. The van der Waals surface area contributed by atoms with Crippen LogP contribution in [0.5, 0.6) is 5.75 Å². The van der Waals surface area contributed by atoms with Crippen molar-refractivity contribution in [3.05, 3.63) is 97.7 Å². The largest absolute Gasteiger partial charge is 0.506 e. The third-order valence-corrected chi connectivity index (χ3v) is 8.96. The summed E-state index contributed by atoms with van der Waals surface area (Å²) in [5.41, 5.74) is 4.22. The molecule has 1 heterocycles. The van der Waals surface area contributed by atoms with Crippen molar-refractivity contribution in [1.29, 1.82) is 0 Å². The normalized spacial score (nSPS) is 14.7. The second-order valence-electron chi connectivity index (χ2n) is 8.78. The van der Waals surface area contributed by atoms with Gasteiger partial charge in [0, 0.05) is 27.1 Å². The molecule has 0 spiro atoms. The van der Waals surface area contributed by atoms with Crippen molar-refractivity contribution in [3.8, 4) is 5.75 Å². The molecule has 0 aromatic heterocycles. The van der Waals surface area contributed by atoms with Gasteiger partial charge in [-0.1, -0.05) is 31.9 Å². The van der Waals surface area contributed by atoms with E-state index in [2.05, 4.69) is 54.0 Å². The van der Waals surface area contributed by atoms with Gasteiger partial charge < -0.3 is 20.6 Å². The summed E-state index contributed by atoms with van der Waals surface area (Å²) in [6, 6.07) is 11.9. The van der Waals surface area contributed by atoms with Gasteiger partial charge in [0.25, 0.3) is 10.0 Å². The van der Waals surface area contributed by atoms with E-state index >= 15 is 0 Å². The number of sulfonamides is 1. The molecule has 3 aromatic rings. The van der Waals surface area contributed by atoms with E-state index in [4.69, 9.17) is 10.2 Å². The smallest absolute Gasteiger partial charge is 0.328 e. The van der Waals surface area contributed by atoms with Gasteiger partial charge in [-0.15, -0.1) is 0 Å². The molecule has 5 N–H and O–H groups in total. The van der Waals surface area contributed by atoms with Gasteiger partial charge in [0.05, 0.1) is 10.6 Å². The van der Waals surface area contributed by atoms with Crippen LogP contribution in [0, 0.1) is 12.7 Å². The quantitative estimate of drug-likeness (QED) is 0.164. The van der Waals surface area contributed by atoms with E-state index in [9.17, 15) is 27.5 Å². The molecule has 0 aliphatic carbocycles. The first-order valence-electron chi connectivity index (χ1n) is 11.7. The standard InChI is InChI=1S/C23H21Br2FN2O3S.C4H4O4/c1-13-19(24)8-14(9-20(13)25)10-21-18-12-22(23(29)11-15(18)6-7-27-21)28-32(30,31)17-4-2-16(26)3-5-17;5-3(6)1-2-4(7)8/h2-5,8-9,11-12,21,27-29H,6-7,10H2,1H3;1-2H,(H,5,6)(H,7,8)/b;2-1+. The molecule has 9 nitrogen and oxygen atoms in total. The summed E-state index contributed by atoms with van der Waals surface area (Å²) >= 11 is 7.18. The fraction of sp³-hybridized carbons (Fsp3) is 0.185. The highest BCUT2D eigenvalue weighted by Gasteiger charge is 2.24. The second kappa shape index (κ2) is 13.4. The molecule has 40 heavy (non-hydrogen) atoms. The zero-order valence-electron chi connectivity index (χ0n) is 21.0. The van der Waals surface area contributed by atoms with Crippen LogP contribution in [-0.2, 0) is 32.5 Å². The predicted octanol–water partition coefficient (Wildman–Crippen LogP) is 5.31. The highest BCUT2D eigenvalue weighted by Crippen LogP contribution is 2.36. The molecule has 3 aromatic carbocycles. The Hall–Kier alpha value is -3.26. The van der Waals surface area contributed by atoms with Crippen molar-refractivity contribution in [3.63, 3.8) is 0 Å². The van der Waals surface area contributed by atoms with Crippen LogP contribution in [0.1, 0.15) is 28.3 Å². The molecular weight excluding hydrogens is 675 g/mol. The van der Waals surface area contributed by atoms with Crippen molar-refractivity contribution in [1.82, 2.24) is 5.32 Å². The van der Waals surface area contributed by atoms with Gasteiger partial charge in [0.2, 0.25) is 0 Å². The van der Waals surface area contributed by atoms with Gasteiger partial charge in [-0.3, -0.25) is 4.72 Å². The Balaban J connectivity index is 0.000000482. The molecule has 0 amide bonds. The van der Waals surface area contributed by atoms with Crippen LogP contribution in [0.15, 0.2) is 74.5 Å². The molecule has 0 saturated heterocycles. The van der Waals surface area contributed by atoms with Crippen molar-refractivity contribution in [2.45, 2.75) is 30.7 Å². The maximum Gasteiger partial charge on any atom is 0.328 e. The Kier molecular flexibility index (Phi) is 10.5. The lowest BCUT2D eigenvalue weighted by molar-refractivity contribution is -0.134. The van der Waals surface area contributed by atoms with Crippen LogP contribution in [-0.4, -0.2) is 42.2 Å². The van der Waals surface area contributed by atoms with E-state index in [0.29, 0.717) is 18.6 Å². The van der Waals surface area contributed by atoms with Gasteiger partial charge >= 0.3 is 11.9 Å². The summed E-state index contributed by atoms with van der Waals surface area (Å²) in [6.45, 7) is 2.78. The molecule has 1 aliphatic rings. The molecule has 0 saturated carbocycles. The van der Waals surface area contributed by atoms with Gasteiger partial charge in [-0.05, 0) is 97.1 Å². The summed E-state index contributed by atoms with van der Waals surface area (Å²) in [5.74, 6) is -3.18. The van der Waals surface area contributed by atoms with E-state index in [-0.39, 0.29) is 22.4 Å². The minimum atomic E-state index is -3.98. The number of hydrogen-bond acceptors (Lipinski definition) is 6. The summed E-state index contributed by atoms with van der Waals surface area (Å²) < 4.78 is 43.1. The number of hydrogen-bond donors (Lipinski definition) is 5. The monoisotopic (exact) mass is 698 g/mol. The lowest BCUT2D eigenvalue weighted by Crippen LogP contribution is -2.31. The number of halogens is 3. The minimum absolute atomic E-state index is 0.0464. The van der Waals surface area contributed by atoms with E-state index in [1.165, 1.54) is 12.1 Å². The van der Waals surface area contributed by atoms with Crippen LogP contribution >= 0.6 is 31.9 Å². The zero-order valence-corrected chi connectivity index (χ0v) is 25.0. The molecular formula is C27H25Br2FN2O7S. The summed E-state index contributed by atoms with van der Waals surface area (Å²) in [6.07, 6.45) is 2.54. The number of phenolic OH excluding ortho intramolecular Hbond substituents is 1. The van der Waals surface area contributed by atoms with Crippen LogP contribution in [0.25, 0.3) is 0 Å². The molecule has 0 fully saturated rings. The number of anilines is 1. The third kappa shape index (κ3) is 8.37. The molecule has 13 heteroatoms. The lowest BCUT2D eigenvalue weighted by atomic mass is 9.89. The highest BCUT2D eigenvalue weighted by molar-refractivity contribution is 9.11. The van der Waals surface area contributed by atoms with E-state index < -0.39 is 27.8 Å². The Morgan fingerprint density at radius 2 is 1.62 bits per heavy atom. The van der Waals surface area contributed by atoms with Gasteiger partial charge in [-0.25, -0.2) is 22.4 Å². The molecule has 1 unspecified atom stereocenters. The van der Waals surface area contributed by atoms with Gasteiger partial charge in [0.15, 0.2) is 0 Å². The average Bonchev–Trinajstić information content (AvgIpc) is 2.87. The van der Waals surface area contributed by atoms with Crippen LogP contribution < -0.4 is 10.0 Å². The van der Waals surface area contributed by atoms with Crippen molar-refractivity contribution in [2.75, 3.05) is 11.3 Å². The first kappa shape index (κ1) is 31.3. The fourth-order valence-electron chi connectivity index (χ4n) is 3.96. The number of carbonyl (C=O) groups is 2. The third-order valence-electron chi connectivity index (χ3n) is 5.94. The highest BCUT2D eigenvalue weighted by atomic mass is 79.9. The molecule has 1 aliphatic heterocycles. The Morgan fingerprint density at radius 3 is 2.17 bits per heavy atom. The topological polar surface area (TPSA) is 153 Å². The first-order valence-corrected chi connectivity index (χ1v) is 14.8. The lowest BCUT2D eigenvalue weighted by Gasteiger charge is -2.28. The van der Waals surface area contributed by atoms with E-state index in [1.54, 1.807) is 12.1 Å². The molecule has 1 atom stereocenters. The average molecular weight is 700 g/mol. The SMILES string of the molecule is Cc1c(Br)cc(CC2NCCc3cc(O)c(NS(=O)(=O)c4ccc(F)cc4)cc32)cc1Br.O=C(O)/C=C/C(=O)O. The number of fused-ring (bicyclic) bond motifs is 1. The van der Waals surface area contributed by atoms with Crippen LogP contribution in [0.2, 0.25) is 0 Å². The number of aromatic hydroxyl groups is 1. The van der Waals surface area contributed by atoms with E-state index in [1.807, 2.05) is 6.92 Å². The minimum Gasteiger partial charge on any atom is -0.506 e. The zero-order chi connectivity index (χ0) is 29.6. The number of benzene rings is 3. The van der Waals surface area contributed by atoms with Crippen molar-refractivity contribution in [2.24, 2.45) is 0 Å². The van der Waals surface area contributed by atoms with Crippen molar-refractivity contribution < 1.29 is 37.7 Å². The summed E-state index contributed by atoms with van der Waals surface area (Å²) in [4.78, 5) is 19.0. The number of aliphatic carboxylic acids is 2. The van der Waals surface area contributed by atoms with Gasteiger partial charge in [-0.2, -0.15) is 0 Å². The first-order chi connectivity index (χ1) is 18.8. The predicted molar refractivity (Wildman–Crippen MR) is 154 cm³/mol. The molecule has 0 radical (unpaired) electrons. The Morgan fingerprint density at radius 1 is 1.05 bits per heavy atom. The Bertz CT molecular complexity index is 1520. The van der Waals surface area contributed by atoms with Gasteiger partial charge in [0.1, 0.15) is 11.6 Å². The van der Waals surface area contributed by atoms with E-state index in [0.717, 1.165) is 56.3 Å². The summed E-state index contributed by atoms with van der Waals surface area (Å²) in [5, 5.41) is 29.6. The van der Waals surface area contributed by atoms with Crippen LogP contribution in [0.3, 0.4) is 0 Å². The van der Waals surface area contributed by atoms with Crippen LogP contribution in [0.4, 0.5) is 10.1 Å². The number of carboxylic acids is 2. The second-order valence-corrected chi connectivity index (χ2v) is 12.2. The number of phenols is 1. The molecule has 0 bridgehead atoms. The fourth-order valence-corrected chi connectivity index (χ4v) is 6.30. The maximum absolute atomic E-state index is 13.2. The Labute approximate surface area is 247 Å². The van der Waals surface area contributed by atoms with Crippen molar-refractivity contribution >= 4 is 59.5 Å².